The van der Waals surface area contributed by atoms with Crippen molar-refractivity contribution < 1.29 is 19.1 Å². The number of urea groups is 1. The fraction of sp³-hybridized carbons (Fsp3) is 0.467. The predicted octanol–water partition coefficient (Wildman–Crippen LogP) is 3.05. The summed E-state index contributed by atoms with van der Waals surface area (Å²) in [4.78, 5) is 24.8. The van der Waals surface area contributed by atoms with Crippen molar-refractivity contribution in [1.29, 1.82) is 0 Å². The Morgan fingerprint density at radius 3 is 2.86 bits per heavy atom. The highest BCUT2D eigenvalue weighted by atomic mass is 35.5. The highest BCUT2D eigenvalue weighted by Gasteiger charge is 2.28. The van der Waals surface area contributed by atoms with Gasteiger partial charge in [-0.05, 0) is 37.5 Å². The minimum absolute atomic E-state index is 0.199. The lowest BCUT2D eigenvalue weighted by Gasteiger charge is -2.31. The molecule has 1 fully saturated rings. The number of likely N-dealkylation sites (tertiary alicyclic amines) is 1. The maximum absolute atomic E-state index is 13.0. The number of hydrogen-bond donors (Lipinski definition) is 2. The Balaban J connectivity index is 2.00. The quantitative estimate of drug-likeness (QED) is 0.896. The van der Waals surface area contributed by atoms with Crippen molar-refractivity contribution in [2.24, 2.45) is 5.92 Å². The number of rotatable bonds is 3. The summed E-state index contributed by atoms with van der Waals surface area (Å²) in [5.41, 5.74) is 0.614. The molecule has 5 nitrogen and oxygen atoms in total. The van der Waals surface area contributed by atoms with Crippen molar-refractivity contribution >= 4 is 23.6 Å². The predicted molar refractivity (Wildman–Crippen MR) is 80.3 cm³/mol. The first-order valence-electron chi connectivity index (χ1n) is 7.11. The molecule has 0 saturated carbocycles. The summed E-state index contributed by atoms with van der Waals surface area (Å²) in [6.45, 7) is 2.47. The number of aliphatic carboxylic acids is 1. The molecule has 1 aliphatic heterocycles. The van der Waals surface area contributed by atoms with Gasteiger partial charge in [-0.15, -0.1) is 0 Å². The van der Waals surface area contributed by atoms with Gasteiger partial charge in [0, 0.05) is 18.1 Å². The molecular weight excluding hydrogens is 311 g/mol. The van der Waals surface area contributed by atoms with Crippen LogP contribution < -0.4 is 5.32 Å². The molecular formula is C15H18ClFN2O3. The summed E-state index contributed by atoms with van der Waals surface area (Å²) in [6, 6.07) is 3.27. The molecule has 1 aliphatic rings. The van der Waals surface area contributed by atoms with Crippen molar-refractivity contribution in [3.8, 4) is 0 Å². The third-order valence-electron chi connectivity index (χ3n) is 3.83. The van der Waals surface area contributed by atoms with Crippen LogP contribution in [0.25, 0.3) is 0 Å². The van der Waals surface area contributed by atoms with E-state index in [1.54, 1.807) is 6.92 Å². The molecule has 1 aromatic rings. The van der Waals surface area contributed by atoms with Crippen LogP contribution in [-0.4, -0.2) is 35.1 Å². The van der Waals surface area contributed by atoms with E-state index in [0.717, 1.165) is 0 Å². The molecule has 7 heteroatoms. The van der Waals surface area contributed by atoms with E-state index in [4.69, 9.17) is 16.7 Å². The molecule has 1 unspecified atom stereocenters. The van der Waals surface area contributed by atoms with Crippen molar-refractivity contribution in [1.82, 2.24) is 10.2 Å². The zero-order chi connectivity index (χ0) is 16.3. The van der Waals surface area contributed by atoms with Crippen LogP contribution in [0, 0.1) is 11.7 Å². The van der Waals surface area contributed by atoms with Crippen LogP contribution in [0.1, 0.15) is 31.4 Å². The number of carbonyl (C=O) groups excluding carboxylic acids is 1. The zero-order valence-corrected chi connectivity index (χ0v) is 12.9. The molecule has 0 aromatic heterocycles. The topological polar surface area (TPSA) is 69.6 Å². The Labute approximate surface area is 133 Å². The number of nitrogens with one attached hydrogen (secondary N) is 1. The van der Waals surface area contributed by atoms with Gasteiger partial charge in [-0.25, -0.2) is 9.18 Å². The number of amides is 2. The average Bonchev–Trinajstić information content (AvgIpc) is 2.47. The Hall–Kier alpha value is -1.82. The molecule has 2 rings (SSSR count). The summed E-state index contributed by atoms with van der Waals surface area (Å²) in [5.74, 6) is -1.84. The molecule has 0 bridgehead atoms. The number of piperidine rings is 1. The van der Waals surface area contributed by atoms with Crippen LogP contribution in [-0.2, 0) is 4.79 Å². The minimum Gasteiger partial charge on any atom is -0.481 e. The highest BCUT2D eigenvalue weighted by molar-refractivity contribution is 6.31. The van der Waals surface area contributed by atoms with E-state index in [1.807, 2.05) is 0 Å². The lowest BCUT2D eigenvalue weighted by molar-refractivity contribution is -0.143. The second-order valence-electron chi connectivity index (χ2n) is 5.46. The smallest absolute Gasteiger partial charge is 0.317 e. The van der Waals surface area contributed by atoms with Gasteiger partial charge in [0.2, 0.25) is 0 Å². The normalized spacial score (nSPS) is 19.6. The summed E-state index contributed by atoms with van der Waals surface area (Å²) in [7, 11) is 0. The van der Waals surface area contributed by atoms with Gasteiger partial charge < -0.3 is 15.3 Å². The summed E-state index contributed by atoms with van der Waals surface area (Å²) in [6.07, 6.45) is 1.24. The standard InChI is InChI=1S/C15H18ClFN2O3/c1-9(12-5-4-11(17)7-13(12)16)18-15(22)19-6-2-3-10(8-19)14(20)21/h4-5,7,9-10H,2-3,6,8H2,1H3,(H,18,22)(H,20,21)/t9-,10?/m0/s1. The number of carboxylic acids is 1. The molecule has 2 amide bonds. The Bertz CT molecular complexity index is 582. The second kappa shape index (κ2) is 6.96. The first-order chi connectivity index (χ1) is 10.4. The Morgan fingerprint density at radius 1 is 1.50 bits per heavy atom. The van der Waals surface area contributed by atoms with Crippen molar-refractivity contribution in [2.45, 2.75) is 25.8 Å². The molecule has 1 saturated heterocycles. The molecule has 0 spiro atoms. The number of nitrogens with zero attached hydrogens (tertiary/aromatic N) is 1. The average molecular weight is 329 g/mol. The fourth-order valence-electron chi connectivity index (χ4n) is 2.57. The third-order valence-corrected chi connectivity index (χ3v) is 4.15. The van der Waals surface area contributed by atoms with Crippen molar-refractivity contribution in [3.63, 3.8) is 0 Å². The van der Waals surface area contributed by atoms with E-state index >= 15 is 0 Å². The van der Waals surface area contributed by atoms with E-state index in [-0.39, 0.29) is 17.6 Å². The molecule has 2 atom stereocenters. The van der Waals surface area contributed by atoms with Gasteiger partial charge in [0.05, 0.1) is 12.0 Å². The van der Waals surface area contributed by atoms with Crippen molar-refractivity contribution in [3.05, 3.63) is 34.6 Å². The highest BCUT2D eigenvalue weighted by Crippen LogP contribution is 2.24. The first kappa shape index (κ1) is 16.5. The zero-order valence-electron chi connectivity index (χ0n) is 12.2. The molecule has 1 heterocycles. The van der Waals surface area contributed by atoms with Crippen LogP contribution in [0.4, 0.5) is 9.18 Å². The molecule has 0 aliphatic carbocycles. The summed E-state index contributed by atoms with van der Waals surface area (Å²) >= 11 is 5.98. The van der Waals surface area contributed by atoms with E-state index in [2.05, 4.69) is 5.32 Å². The monoisotopic (exact) mass is 328 g/mol. The number of carbonyl (C=O) groups is 2. The van der Waals surface area contributed by atoms with Gasteiger partial charge in [0.25, 0.3) is 0 Å². The van der Waals surface area contributed by atoms with Crippen molar-refractivity contribution in [2.75, 3.05) is 13.1 Å². The van der Waals surface area contributed by atoms with Gasteiger partial charge in [-0.3, -0.25) is 4.79 Å². The van der Waals surface area contributed by atoms with E-state index in [1.165, 1.54) is 23.1 Å². The Morgan fingerprint density at radius 2 is 2.23 bits per heavy atom. The van der Waals surface area contributed by atoms with Crippen LogP contribution in [0.15, 0.2) is 18.2 Å². The maximum Gasteiger partial charge on any atom is 0.317 e. The van der Waals surface area contributed by atoms with Crippen LogP contribution >= 0.6 is 11.6 Å². The third kappa shape index (κ3) is 3.88. The number of benzene rings is 1. The molecule has 2 N–H and O–H groups in total. The number of carboxylic acid groups (broad SMARTS) is 1. The van der Waals surface area contributed by atoms with Gasteiger partial charge >= 0.3 is 12.0 Å². The maximum atomic E-state index is 13.0. The van der Waals surface area contributed by atoms with Gasteiger partial charge in [-0.1, -0.05) is 17.7 Å². The lowest BCUT2D eigenvalue weighted by atomic mass is 9.98. The lowest BCUT2D eigenvalue weighted by Crippen LogP contribution is -2.47. The molecule has 120 valence electrons. The van der Waals surface area contributed by atoms with E-state index in [9.17, 15) is 14.0 Å². The molecule has 1 aromatic carbocycles. The van der Waals surface area contributed by atoms with E-state index < -0.39 is 23.7 Å². The van der Waals surface area contributed by atoms with Gasteiger partial charge in [0.1, 0.15) is 5.82 Å². The second-order valence-corrected chi connectivity index (χ2v) is 5.87. The van der Waals surface area contributed by atoms with Crippen LogP contribution in [0.3, 0.4) is 0 Å². The minimum atomic E-state index is -0.882. The summed E-state index contributed by atoms with van der Waals surface area (Å²) in [5, 5.41) is 12.1. The van der Waals surface area contributed by atoms with Crippen LogP contribution in [0.2, 0.25) is 5.02 Å². The molecule has 0 radical (unpaired) electrons. The van der Waals surface area contributed by atoms with Gasteiger partial charge in [0.15, 0.2) is 0 Å². The first-order valence-corrected chi connectivity index (χ1v) is 7.49. The molecule has 22 heavy (non-hydrogen) atoms. The van der Waals surface area contributed by atoms with Crippen LogP contribution in [0.5, 0.6) is 0 Å². The number of halogens is 2. The Kier molecular flexibility index (Phi) is 5.24. The largest absolute Gasteiger partial charge is 0.481 e. The van der Waals surface area contributed by atoms with E-state index in [0.29, 0.717) is 24.9 Å². The summed E-state index contributed by atoms with van der Waals surface area (Å²) < 4.78 is 13.0. The van der Waals surface area contributed by atoms with Gasteiger partial charge in [-0.2, -0.15) is 0 Å². The fourth-order valence-corrected chi connectivity index (χ4v) is 2.90. The number of hydrogen-bond acceptors (Lipinski definition) is 2. The SMILES string of the molecule is C[C@H](NC(=O)N1CCCC(C(=O)O)C1)c1ccc(F)cc1Cl.